The van der Waals surface area contributed by atoms with E-state index in [2.05, 4.69) is 82.3 Å². The van der Waals surface area contributed by atoms with Crippen LogP contribution in [0.4, 0.5) is 4.79 Å². The number of hydrogen-bond acceptors (Lipinski definition) is 7. The highest BCUT2D eigenvalue weighted by atomic mass is 28.4. The lowest BCUT2D eigenvalue weighted by Gasteiger charge is -2.44. The summed E-state index contributed by atoms with van der Waals surface area (Å²) in [5.74, 6) is -2.41. The van der Waals surface area contributed by atoms with E-state index in [9.17, 15) is 19.5 Å². The van der Waals surface area contributed by atoms with Crippen molar-refractivity contribution in [2.24, 2.45) is 17.8 Å². The molecule has 1 aliphatic carbocycles. The summed E-state index contributed by atoms with van der Waals surface area (Å²) in [6, 6.07) is 25.0. The fraction of sp³-hybridized carbons (Fsp3) is 0.432. The fourth-order valence-corrected chi connectivity index (χ4v) is 13.6. The lowest BCUT2D eigenvalue weighted by Crippen LogP contribution is -2.66. The highest BCUT2D eigenvalue weighted by Crippen LogP contribution is 2.50. The van der Waals surface area contributed by atoms with Gasteiger partial charge in [0.05, 0.1) is 38.3 Å². The minimum Gasteiger partial charge on any atom is -0.507 e. The molecule has 4 atom stereocenters. The molecule has 3 aliphatic rings. The number of methoxy groups -OCH3 is 1. The lowest BCUT2D eigenvalue weighted by molar-refractivity contribution is -0.137. The van der Waals surface area contributed by atoms with Crippen LogP contribution in [0, 0.1) is 31.6 Å². The van der Waals surface area contributed by atoms with Gasteiger partial charge in [0.1, 0.15) is 5.75 Å². The number of benzene rings is 3. The number of amides is 3. The number of imide groups is 3. The maximum atomic E-state index is 13.8. The molecule has 9 heteroatoms. The number of fused-ring (bicyclic) bond motifs is 3. The van der Waals surface area contributed by atoms with E-state index in [1.165, 1.54) is 12.7 Å². The van der Waals surface area contributed by atoms with Crippen LogP contribution in [0.1, 0.15) is 76.5 Å². The number of carbonyl (C=O) groups is 3. The molecule has 53 heavy (non-hydrogen) atoms. The summed E-state index contributed by atoms with van der Waals surface area (Å²) in [5.41, 5.74) is 6.07. The van der Waals surface area contributed by atoms with Gasteiger partial charge < -0.3 is 19.0 Å². The predicted molar refractivity (Wildman–Crippen MR) is 209 cm³/mol. The third kappa shape index (κ3) is 7.19. The normalized spacial score (nSPS) is 21.9. The summed E-state index contributed by atoms with van der Waals surface area (Å²) in [4.78, 5) is 41.0. The van der Waals surface area contributed by atoms with Gasteiger partial charge in [-0.3, -0.25) is 9.59 Å². The van der Waals surface area contributed by atoms with Crippen molar-refractivity contribution in [3.63, 3.8) is 0 Å². The van der Waals surface area contributed by atoms with E-state index in [0.29, 0.717) is 30.1 Å². The van der Waals surface area contributed by atoms with Crippen molar-refractivity contribution < 1.29 is 33.4 Å². The van der Waals surface area contributed by atoms with Crippen LogP contribution in [0.2, 0.25) is 5.04 Å². The smallest absolute Gasteiger partial charge is 0.423 e. The van der Waals surface area contributed by atoms with E-state index < -0.39 is 38.1 Å². The first kappa shape index (κ1) is 38.4. The zero-order chi connectivity index (χ0) is 38.1. The lowest BCUT2D eigenvalue weighted by atomic mass is 9.69. The van der Waals surface area contributed by atoms with Crippen LogP contribution in [0.5, 0.6) is 5.75 Å². The topological polar surface area (TPSA) is 102 Å². The maximum Gasteiger partial charge on any atom is 0.423 e. The number of phenols is 1. The zero-order valence-electron chi connectivity index (χ0n) is 32.1. The molecule has 280 valence electrons. The molecular formula is C44H53NO7Si. The molecule has 0 aromatic heterocycles. The number of likely N-dealkylation sites (tertiary alicyclic amines) is 1. The van der Waals surface area contributed by atoms with Gasteiger partial charge in [-0.2, -0.15) is 4.90 Å². The van der Waals surface area contributed by atoms with Crippen molar-refractivity contribution in [1.82, 2.24) is 4.90 Å². The van der Waals surface area contributed by atoms with E-state index in [-0.39, 0.29) is 23.7 Å². The van der Waals surface area contributed by atoms with Gasteiger partial charge in [0, 0.05) is 5.92 Å². The molecule has 3 aromatic carbocycles. The van der Waals surface area contributed by atoms with Gasteiger partial charge in [-0.1, -0.05) is 106 Å². The van der Waals surface area contributed by atoms with Gasteiger partial charge in [0.25, 0.3) is 8.32 Å². The van der Waals surface area contributed by atoms with E-state index in [0.717, 1.165) is 57.5 Å². The molecule has 8 nitrogen and oxygen atoms in total. The number of aromatic hydroxyl groups is 1. The quantitative estimate of drug-likeness (QED) is 0.123. The minimum atomic E-state index is -2.94. The summed E-state index contributed by atoms with van der Waals surface area (Å²) in [6.07, 6.45) is 4.73. The molecule has 6 rings (SSSR count). The van der Waals surface area contributed by atoms with Crippen molar-refractivity contribution in [3.8, 4) is 5.75 Å². The van der Waals surface area contributed by atoms with Crippen LogP contribution in [0.15, 0.2) is 89.5 Å². The number of ether oxygens (including phenoxy) is 2. The second-order valence-corrected chi connectivity index (χ2v) is 20.2. The van der Waals surface area contributed by atoms with Crippen molar-refractivity contribution >= 4 is 42.7 Å². The Morgan fingerprint density at radius 3 is 2.09 bits per heavy atom. The van der Waals surface area contributed by atoms with Crippen molar-refractivity contribution in [2.45, 2.75) is 84.8 Å². The van der Waals surface area contributed by atoms with Crippen molar-refractivity contribution in [1.29, 1.82) is 0 Å². The van der Waals surface area contributed by atoms with E-state index in [4.69, 9.17) is 13.9 Å². The molecule has 2 heterocycles. The Labute approximate surface area is 315 Å². The van der Waals surface area contributed by atoms with Crippen molar-refractivity contribution in [3.05, 3.63) is 106 Å². The van der Waals surface area contributed by atoms with Gasteiger partial charge in [-0.05, 0) is 94.9 Å². The number of rotatable bonds is 11. The molecule has 2 aliphatic heterocycles. The van der Waals surface area contributed by atoms with E-state index in [1.807, 2.05) is 38.1 Å². The summed E-state index contributed by atoms with van der Waals surface area (Å²) in [5, 5.41) is 12.4. The van der Waals surface area contributed by atoms with Gasteiger partial charge in [0.2, 0.25) is 11.8 Å². The molecule has 2 fully saturated rings. The van der Waals surface area contributed by atoms with Gasteiger partial charge >= 0.3 is 6.09 Å². The Morgan fingerprint density at radius 1 is 0.943 bits per heavy atom. The highest BCUT2D eigenvalue weighted by Gasteiger charge is 2.59. The zero-order valence-corrected chi connectivity index (χ0v) is 33.1. The molecule has 3 amide bonds. The molecule has 0 bridgehead atoms. The van der Waals surface area contributed by atoms with Crippen molar-refractivity contribution in [2.75, 3.05) is 20.3 Å². The third-order valence-electron chi connectivity index (χ3n) is 11.4. The number of allylic oxidation sites excluding steroid dienone is 1. The number of hydrogen-bond donors (Lipinski definition) is 1. The van der Waals surface area contributed by atoms with Gasteiger partial charge in [-0.25, -0.2) is 4.79 Å². The number of nitrogens with zero attached hydrogens (tertiary/aromatic N) is 1. The fourth-order valence-electron chi connectivity index (χ4n) is 9.05. The molecule has 0 saturated carbocycles. The van der Waals surface area contributed by atoms with Crippen LogP contribution < -0.4 is 10.4 Å². The number of aryl methyl sites for hydroxylation is 2. The molecule has 1 N–H and O–H groups in total. The minimum absolute atomic E-state index is 0.255. The molecule has 0 spiro atoms. The van der Waals surface area contributed by atoms with Crippen LogP contribution in [-0.4, -0.2) is 62.7 Å². The van der Waals surface area contributed by atoms with Gasteiger partial charge in [-0.15, -0.1) is 0 Å². The monoisotopic (exact) mass is 735 g/mol. The average molecular weight is 736 g/mol. The molecular weight excluding hydrogens is 683 g/mol. The standard InChI is InChI=1S/C44H53NO7Si/c1-8-15-30(24-31-22-28(2)40(46)29(3)23-31)20-21-37-38-32(25-35-39(36(38)27-51-37)42(48)45(41(35)47)43(49)50-7)26-52-53(44(4,5)6,33-16-11-9-12-17-33)34-18-13-10-14-19-34/h9-14,16-19,22-24,35-37,39,46H,8,15,20-21,25-27H2,1-7H3/b30-24+/t35-,36+,37-,39-/m1/s1. The van der Waals surface area contributed by atoms with Crippen LogP contribution in [0.3, 0.4) is 0 Å². The first-order valence-electron chi connectivity index (χ1n) is 18.9. The maximum absolute atomic E-state index is 13.8. The van der Waals surface area contributed by atoms with E-state index in [1.54, 1.807) is 0 Å². The van der Waals surface area contributed by atoms with Crippen LogP contribution >= 0.6 is 0 Å². The first-order chi connectivity index (χ1) is 25.3. The Hall–Kier alpha value is -4.31. The molecule has 3 aromatic rings. The number of phenolic OH excluding ortho intramolecular Hbond substituents is 1. The Morgan fingerprint density at radius 2 is 1.55 bits per heavy atom. The molecule has 2 saturated heterocycles. The molecule has 0 unspecified atom stereocenters. The Balaban J connectivity index is 1.40. The van der Waals surface area contributed by atoms with Crippen LogP contribution in [-0.2, 0) is 23.5 Å². The Bertz CT molecular complexity index is 1850. The van der Waals surface area contributed by atoms with Gasteiger partial charge in [0.15, 0.2) is 0 Å². The summed E-state index contributed by atoms with van der Waals surface area (Å²) >= 11 is 0. The second kappa shape index (κ2) is 15.6. The van der Waals surface area contributed by atoms with E-state index >= 15 is 0 Å². The Kier molecular flexibility index (Phi) is 11.3. The average Bonchev–Trinajstić information content (AvgIpc) is 3.67. The third-order valence-corrected chi connectivity index (χ3v) is 16.4. The summed E-state index contributed by atoms with van der Waals surface area (Å²) < 4.78 is 18.9. The van der Waals surface area contributed by atoms with Crippen LogP contribution in [0.25, 0.3) is 6.08 Å². The number of carbonyl (C=O) groups excluding carboxylic acids is 3. The second-order valence-electron chi connectivity index (χ2n) is 15.9. The first-order valence-corrected chi connectivity index (χ1v) is 20.8. The molecule has 0 radical (unpaired) electrons. The summed E-state index contributed by atoms with van der Waals surface area (Å²) in [6.45, 7) is 13.3. The largest absolute Gasteiger partial charge is 0.507 e. The summed E-state index contributed by atoms with van der Waals surface area (Å²) in [7, 11) is -1.75. The predicted octanol–water partition coefficient (Wildman–Crippen LogP) is 7.63. The highest BCUT2D eigenvalue weighted by molar-refractivity contribution is 6.99. The SMILES string of the molecule is CCC/C(=C\c1cc(C)c(O)c(C)c1)CC[C@H]1OC[C@H]2C1=C(CO[Si](c1ccccc1)(c1ccccc1)C(C)(C)C)C[C@H]1C(=O)N(C(=O)OC)C(=O)[C@H]12.